The summed E-state index contributed by atoms with van der Waals surface area (Å²) in [7, 11) is 0. The van der Waals surface area contributed by atoms with Gasteiger partial charge in [0.2, 0.25) is 5.91 Å². The Morgan fingerprint density at radius 3 is 2.81 bits per heavy atom. The van der Waals surface area contributed by atoms with Gasteiger partial charge in [-0.1, -0.05) is 0 Å². The molecule has 7 heteroatoms. The first-order valence-corrected chi connectivity index (χ1v) is 7.77. The minimum atomic E-state index is -0.467. The highest BCUT2D eigenvalue weighted by atomic mass is 79.9. The van der Waals surface area contributed by atoms with E-state index in [1.165, 1.54) is 6.07 Å². The lowest BCUT2D eigenvalue weighted by Crippen LogP contribution is -2.31. The highest BCUT2D eigenvalue weighted by Crippen LogP contribution is 2.58. The van der Waals surface area contributed by atoms with E-state index >= 15 is 0 Å². The Hall–Kier alpha value is -1.47. The smallest absolute Gasteiger partial charge is 0.285 e. The van der Waals surface area contributed by atoms with Crippen LogP contribution in [-0.4, -0.2) is 23.9 Å². The van der Waals surface area contributed by atoms with Crippen LogP contribution in [0.4, 0.5) is 11.4 Å². The van der Waals surface area contributed by atoms with Crippen LogP contribution in [0.2, 0.25) is 0 Å². The Balaban J connectivity index is 1.68. The Bertz CT molecular complexity index is 599. The number of anilines is 1. The van der Waals surface area contributed by atoms with Crippen LogP contribution in [0.5, 0.6) is 0 Å². The monoisotopic (exact) mass is 353 g/mol. The molecule has 2 fully saturated rings. The maximum absolute atomic E-state index is 12.3. The van der Waals surface area contributed by atoms with Crippen LogP contribution in [0.25, 0.3) is 0 Å². The van der Waals surface area contributed by atoms with Gasteiger partial charge in [-0.25, -0.2) is 0 Å². The van der Waals surface area contributed by atoms with Gasteiger partial charge in [0.1, 0.15) is 0 Å². The van der Waals surface area contributed by atoms with E-state index in [2.05, 4.69) is 26.6 Å². The standard InChI is InChI=1S/C14H16BrN3O3/c15-11-2-1-9(7-12(11)18(20)21)17-13(19)10-8-14(10)3-5-16-6-4-14/h1-2,7,10,16H,3-6,8H2,(H,17,19). The van der Waals surface area contributed by atoms with Gasteiger partial charge < -0.3 is 10.6 Å². The predicted molar refractivity (Wildman–Crippen MR) is 82.1 cm³/mol. The number of nitro benzene ring substituents is 1. The number of hydrogen-bond donors (Lipinski definition) is 2. The Morgan fingerprint density at radius 1 is 1.43 bits per heavy atom. The zero-order valence-electron chi connectivity index (χ0n) is 11.4. The van der Waals surface area contributed by atoms with E-state index in [4.69, 9.17) is 0 Å². The number of halogens is 1. The van der Waals surface area contributed by atoms with E-state index in [0.29, 0.717) is 10.2 Å². The highest BCUT2D eigenvalue weighted by Gasteiger charge is 2.57. The molecule has 0 aromatic heterocycles. The van der Waals surface area contributed by atoms with Crippen LogP contribution in [-0.2, 0) is 4.79 Å². The summed E-state index contributed by atoms with van der Waals surface area (Å²) in [5.41, 5.74) is 0.599. The normalized spacial score (nSPS) is 22.8. The van der Waals surface area contributed by atoms with Gasteiger partial charge >= 0.3 is 0 Å². The van der Waals surface area contributed by atoms with Gasteiger partial charge in [-0.2, -0.15) is 0 Å². The zero-order chi connectivity index (χ0) is 15.0. The van der Waals surface area contributed by atoms with Gasteiger partial charge in [-0.05, 0) is 65.8 Å². The molecule has 1 aromatic rings. The van der Waals surface area contributed by atoms with E-state index in [-0.39, 0.29) is 22.9 Å². The molecule has 1 heterocycles. The van der Waals surface area contributed by atoms with E-state index < -0.39 is 4.92 Å². The fraction of sp³-hybridized carbons (Fsp3) is 0.500. The van der Waals surface area contributed by atoms with Gasteiger partial charge in [0, 0.05) is 17.7 Å². The molecule has 3 rings (SSSR count). The van der Waals surface area contributed by atoms with Crippen molar-refractivity contribution in [2.45, 2.75) is 19.3 Å². The number of amides is 1. The van der Waals surface area contributed by atoms with E-state index in [1.807, 2.05) is 0 Å². The van der Waals surface area contributed by atoms with Crippen LogP contribution in [0.15, 0.2) is 22.7 Å². The third-order valence-electron chi connectivity index (χ3n) is 4.52. The van der Waals surface area contributed by atoms with Crippen molar-refractivity contribution in [1.82, 2.24) is 5.32 Å². The number of carbonyl (C=O) groups is 1. The van der Waals surface area contributed by atoms with Crippen LogP contribution >= 0.6 is 15.9 Å². The average molecular weight is 354 g/mol. The first-order chi connectivity index (χ1) is 10.0. The van der Waals surface area contributed by atoms with Gasteiger partial charge in [-0.15, -0.1) is 0 Å². The molecule has 1 saturated heterocycles. The molecular formula is C14H16BrN3O3. The van der Waals surface area contributed by atoms with Crippen molar-refractivity contribution >= 4 is 33.2 Å². The molecule has 1 amide bonds. The minimum absolute atomic E-state index is 0.0199. The third kappa shape index (κ3) is 2.80. The van der Waals surface area contributed by atoms with E-state index in [1.54, 1.807) is 12.1 Å². The lowest BCUT2D eigenvalue weighted by atomic mass is 9.92. The number of benzene rings is 1. The van der Waals surface area contributed by atoms with Crippen molar-refractivity contribution in [2.24, 2.45) is 11.3 Å². The summed E-state index contributed by atoms with van der Waals surface area (Å²) in [6.45, 7) is 1.93. The molecule has 2 aliphatic rings. The number of nitro groups is 1. The van der Waals surface area contributed by atoms with E-state index in [0.717, 1.165) is 32.4 Å². The molecule has 0 bridgehead atoms. The molecule has 1 spiro atoms. The molecule has 1 saturated carbocycles. The summed E-state index contributed by atoms with van der Waals surface area (Å²) in [6.07, 6.45) is 3.00. The number of rotatable bonds is 3. The summed E-state index contributed by atoms with van der Waals surface area (Å²) in [6, 6.07) is 4.65. The topological polar surface area (TPSA) is 84.3 Å². The zero-order valence-corrected chi connectivity index (χ0v) is 13.0. The van der Waals surface area contributed by atoms with Crippen molar-refractivity contribution in [2.75, 3.05) is 18.4 Å². The largest absolute Gasteiger partial charge is 0.326 e. The van der Waals surface area contributed by atoms with Gasteiger partial charge in [-0.3, -0.25) is 14.9 Å². The molecular weight excluding hydrogens is 338 g/mol. The van der Waals surface area contributed by atoms with Crippen LogP contribution < -0.4 is 10.6 Å². The SMILES string of the molecule is O=C(Nc1ccc(Br)c([N+](=O)[O-])c1)C1CC12CCNCC2. The molecule has 1 aliphatic heterocycles. The van der Waals surface area contributed by atoms with Gasteiger partial charge in [0.25, 0.3) is 5.69 Å². The molecule has 1 unspecified atom stereocenters. The van der Waals surface area contributed by atoms with Crippen molar-refractivity contribution < 1.29 is 9.72 Å². The number of nitrogens with zero attached hydrogens (tertiary/aromatic N) is 1. The quantitative estimate of drug-likeness (QED) is 0.646. The maximum Gasteiger partial charge on any atom is 0.285 e. The van der Waals surface area contributed by atoms with Crippen molar-refractivity contribution in [3.05, 3.63) is 32.8 Å². The lowest BCUT2D eigenvalue weighted by Gasteiger charge is -2.23. The number of carbonyl (C=O) groups excluding carboxylic acids is 1. The predicted octanol–water partition coefficient (Wildman–Crippen LogP) is 2.69. The van der Waals surface area contributed by atoms with Crippen LogP contribution in [0, 0.1) is 21.4 Å². The number of hydrogen-bond acceptors (Lipinski definition) is 4. The van der Waals surface area contributed by atoms with Crippen LogP contribution in [0.3, 0.4) is 0 Å². The summed E-state index contributed by atoms with van der Waals surface area (Å²) < 4.78 is 0.409. The fourth-order valence-electron chi connectivity index (χ4n) is 3.16. The van der Waals surface area contributed by atoms with Crippen molar-refractivity contribution in [1.29, 1.82) is 0 Å². The lowest BCUT2D eigenvalue weighted by molar-refractivity contribution is -0.385. The number of nitrogens with one attached hydrogen (secondary N) is 2. The van der Waals surface area contributed by atoms with Crippen molar-refractivity contribution in [3.63, 3.8) is 0 Å². The molecule has 1 aromatic carbocycles. The molecule has 6 nitrogen and oxygen atoms in total. The maximum atomic E-state index is 12.3. The molecule has 1 atom stereocenters. The summed E-state index contributed by atoms with van der Waals surface area (Å²) >= 11 is 3.13. The second-order valence-corrected chi connectivity index (χ2v) is 6.64. The molecule has 1 aliphatic carbocycles. The minimum Gasteiger partial charge on any atom is -0.326 e. The molecule has 21 heavy (non-hydrogen) atoms. The highest BCUT2D eigenvalue weighted by molar-refractivity contribution is 9.10. The average Bonchev–Trinajstić information content (AvgIpc) is 3.15. The van der Waals surface area contributed by atoms with Gasteiger partial charge in [0.15, 0.2) is 0 Å². The Kier molecular flexibility index (Phi) is 3.71. The Labute approximate surface area is 130 Å². The van der Waals surface area contributed by atoms with Crippen molar-refractivity contribution in [3.8, 4) is 0 Å². The first kappa shape index (κ1) is 14.5. The second kappa shape index (κ2) is 5.38. The summed E-state index contributed by atoms with van der Waals surface area (Å²) in [5.74, 6) is 0.0239. The molecule has 2 N–H and O–H groups in total. The van der Waals surface area contributed by atoms with Crippen LogP contribution in [0.1, 0.15) is 19.3 Å². The second-order valence-electron chi connectivity index (χ2n) is 5.78. The third-order valence-corrected chi connectivity index (χ3v) is 5.19. The molecule has 112 valence electrons. The first-order valence-electron chi connectivity index (χ1n) is 6.97. The van der Waals surface area contributed by atoms with Gasteiger partial charge in [0.05, 0.1) is 9.40 Å². The number of piperidine rings is 1. The fourth-order valence-corrected chi connectivity index (χ4v) is 3.55. The summed E-state index contributed by atoms with van der Waals surface area (Å²) in [4.78, 5) is 22.7. The molecule has 0 radical (unpaired) electrons. The Morgan fingerprint density at radius 2 is 2.14 bits per heavy atom. The van der Waals surface area contributed by atoms with E-state index in [9.17, 15) is 14.9 Å². The summed E-state index contributed by atoms with van der Waals surface area (Å²) in [5, 5.41) is 17.0.